The second-order valence-electron chi connectivity index (χ2n) is 9.62. The Hall–Kier alpha value is -0.510. The predicted octanol–water partition coefficient (Wildman–Crippen LogP) is 9.34. The Balaban J connectivity index is 0.000000657. The van der Waals surface area contributed by atoms with E-state index in [2.05, 4.69) is 50.7 Å². The van der Waals surface area contributed by atoms with Crippen LogP contribution in [0.25, 0.3) is 0 Å². The van der Waals surface area contributed by atoms with Gasteiger partial charge in [-0.2, -0.15) is 12.6 Å². The predicted molar refractivity (Wildman–Crippen MR) is 149 cm³/mol. The van der Waals surface area contributed by atoms with Crippen molar-refractivity contribution in [2.45, 2.75) is 136 Å². The highest BCUT2D eigenvalue weighted by molar-refractivity contribution is 7.80. The Morgan fingerprint density at radius 3 is 1.21 bits per heavy atom. The molecule has 1 heterocycles. The zero-order valence-electron chi connectivity index (χ0n) is 22.0. The topological polar surface area (TPSA) is 18.5 Å². The van der Waals surface area contributed by atoms with Crippen molar-refractivity contribution in [3.8, 4) is 0 Å². The van der Waals surface area contributed by atoms with E-state index in [4.69, 9.17) is 9.47 Å². The fourth-order valence-corrected chi connectivity index (χ4v) is 4.52. The summed E-state index contributed by atoms with van der Waals surface area (Å²) in [5.74, 6) is 0.667. The molecule has 3 heteroatoms. The summed E-state index contributed by atoms with van der Waals surface area (Å²) >= 11 is 3.97. The molecule has 0 spiro atoms. The number of unbranched alkanes of at least 4 members (excludes halogenated alkanes) is 14. The highest BCUT2D eigenvalue weighted by Crippen LogP contribution is 2.14. The maximum atomic E-state index is 5.00. The fourth-order valence-electron chi connectivity index (χ4n) is 4.31. The lowest BCUT2D eigenvalue weighted by Gasteiger charge is -2.05. The molecule has 1 aromatic carbocycles. The molecule has 0 aromatic heterocycles. The molecule has 1 saturated heterocycles. The summed E-state index contributed by atoms with van der Waals surface area (Å²) in [6, 6.07) is 9.51. The van der Waals surface area contributed by atoms with Crippen molar-refractivity contribution in [2.24, 2.45) is 0 Å². The van der Waals surface area contributed by atoms with E-state index >= 15 is 0 Å². The van der Waals surface area contributed by atoms with Crippen molar-refractivity contribution in [1.29, 1.82) is 0 Å². The van der Waals surface area contributed by atoms with Gasteiger partial charge in [0.2, 0.25) is 0 Å². The quantitative estimate of drug-likeness (QED) is 0.158. The van der Waals surface area contributed by atoms with E-state index in [1.54, 1.807) is 0 Å². The molecule has 0 saturated carbocycles. The van der Waals surface area contributed by atoms with Crippen molar-refractivity contribution in [2.75, 3.05) is 19.0 Å². The van der Waals surface area contributed by atoms with Gasteiger partial charge in [-0.15, -0.1) is 0 Å². The second-order valence-corrected chi connectivity index (χ2v) is 9.99. The van der Waals surface area contributed by atoms with Gasteiger partial charge in [-0.05, 0) is 36.8 Å². The van der Waals surface area contributed by atoms with Gasteiger partial charge in [0.05, 0.1) is 13.2 Å². The van der Waals surface area contributed by atoms with Crippen LogP contribution in [-0.4, -0.2) is 25.3 Å². The molecule has 2 nitrogen and oxygen atoms in total. The van der Waals surface area contributed by atoms with E-state index < -0.39 is 0 Å². The standard InChI is InChI=1S/C26H46.C4H8O2S/c1-3-5-7-9-11-13-15-17-19-25-21-23-26(24-22-25)20-18-16-14-12-10-8-6-4-2;7-3-4-5-1-2-6-4/h21-24H,3-20H2,1-2H3;4,7H,1-3H2. The molecule has 0 aliphatic carbocycles. The van der Waals surface area contributed by atoms with E-state index in [1.807, 2.05) is 0 Å². The van der Waals surface area contributed by atoms with E-state index in [9.17, 15) is 0 Å². The van der Waals surface area contributed by atoms with E-state index in [1.165, 1.54) is 127 Å². The van der Waals surface area contributed by atoms with Crippen molar-refractivity contribution >= 4 is 12.6 Å². The molecule has 0 atom stereocenters. The minimum absolute atomic E-state index is 0.0386. The second kappa shape index (κ2) is 23.2. The van der Waals surface area contributed by atoms with Gasteiger partial charge in [-0.1, -0.05) is 128 Å². The number of aryl methyl sites for hydroxylation is 2. The first-order valence-corrected chi connectivity index (χ1v) is 14.8. The van der Waals surface area contributed by atoms with Crippen molar-refractivity contribution in [1.82, 2.24) is 0 Å². The van der Waals surface area contributed by atoms with Crippen molar-refractivity contribution < 1.29 is 9.47 Å². The van der Waals surface area contributed by atoms with Gasteiger partial charge in [0, 0.05) is 5.75 Å². The van der Waals surface area contributed by atoms with Crippen LogP contribution in [0.5, 0.6) is 0 Å². The minimum atomic E-state index is -0.0386. The molecule has 1 aliphatic rings. The Kier molecular flexibility index (Phi) is 21.5. The number of hydrogen-bond donors (Lipinski definition) is 1. The molecule has 1 fully saturated rings. The molecule has 1 aliphatic heterocycles. The summed E-state index contributed by atoms with van der Waals surface area (Å²) in [5, 5.41) is 0. The third kappa shape index (κ3) is 18.5. The summed E-state index contributed by atoms with van der Waals surface area (Å²) in [4.78, 5) is 0. The van der Waals surface area contributed by atoms with Gasteiger partial charge in [0.25, 0.3) is 0 Å². The first-order valence-electron chi connectivity index (χ1n) is 14.2. The molecule has 1 aromatic rings. The Morgan fingerprint density at radius 2 is 0.909 bits per heavy atom. The number of ether oxygens (including phenoxy) is 2. The van der Waals surface area contributed by atoms with Crippen LogP contribution in [-0.2, 0) is 22.3 Å². The van der Waals surface area contributed by atoms with Gasteiger partial charge in [0.15, 0.2) is 6.29 Å². The highest BCUT2D eigenvalue weighted by Gasteiger charge is 2.12. The van der Waals surface area contributed by atoms with Crippen molar-refractivity contribution in [3.63, 3.8) is 0 Å². The van der Waals surface area contributed by atoms with Gasteiger partial charge >= 0.3 is 0 Å². The van der Waals surface area contributed by atoms with Crippen LogP contribution in [0, 0.1) is 0 Å². The SMILES string of the molecule is CCCCCCCCCCc1ccc(CCCCCCCCCC)cc1.SCC1OCCO1. The number of hydrogen-bond acceptors (Lipinski definition) is 3. The van der Waals surface area contributed by atoms with Gasteiger partial charge in [0.1, 0.15) is 0 Å². The lowest BCUT2D eigenvalue weighted by molar-refractivity contribution is -0.0211. The maximum Gasteiger partial charge on any atom is 0.166 e. The molecule has 0 unspecified atom stereocenters. The average Bonchev–Trinajstić information content (AvgIpc) is 3.38. The largest absolute Gasteiger partial charge is 0.349 e. The highest BCUT2D eigenvalue weighted by atomic mass is 32.1. The van der Waals surface area contributed by atoms with E-state index in [-0.39, 0.29) is 6.29 Å². The first kappa shape index (κ1) is 30.5. The molecule has 33 heavy (non-hydrogen) atoms. The Bertz CT molecular complexity index is 472. The molecule has 2 rings (SSSR count). The van der Waals surface area contributed by atoms with Crippen molar-refractivity contribution in [3.05, 3.63) is 35.4 Å². The van der Waals surface area contributed by atoms with Crippen LogP contribution < -0.4 is 0 Å². The summed E-state index contributed by atoms with van der Waals surface area (Å²) in [5.41, 5.74) is 3.08. The zero-order chi connectivity index (χ0) is 23.8. The molecule has 0 bridgehead atoms. The Labute approximate surface area is 212 Å². The van der Waals surface area contributed by atoms with Crippen LogP contribution in [0.4, 0.5) is 0 Å². The van der Waals surface area contributed by atoms with Gasteiger partial charge in [-0.3, -0.25) is 0 Å². The summed E-state index contributed by atoms with van der Waals surface area (Å²) in [6.07, 6.45) is 25.1. The van der Waals surface area contributed by atoms with E-state index in [0.717, 1.165) is 13.2 Å². The maximum absolute atomic E-state index is 5.00. The molecule has 0 N–H and O–H groups in total. The molecular weight excluding hydrogens is 424 g/mol. The summed E-state index contributed by atoms with van der Waals surface area (Å²) in [6.45, 7) is 6.04. The summed E-state index contributed by atoms with van der Waals surface area (Å²) in [7, 11) is 0. The smallest absolute Gasteiger partial charge is 0.166 e. The van der Waals surface area contributed by atoms with Crippen LogP contribution in [0.3, 0.4) is 0 Å². The van der Waals surface area contributed by atoms with Crippen LogP contribution in [0.1, 0.15) is 128 Å². The monoisotopic (exact) mass is 478 g/mol. The lowest BCUT2D eigenvalue weighted by atomic mass is 10.0. The van der Waals surface area contributed by atoms with Crippen LogP contribution in [0.2, 0.25) is 0 Å². The molecule has 192 valence electrons. The van der Waals surface area contributed by atoms with Crippen LogP contribution in [0.15, 0.2) is 24.3 Å². The molecule has 0 amide bonds. The third-order valence-corrected chi connectivity index (χ3v) is 6.80. The normalized spacial score (nSPS) is 13.8. The number of thiol groups is 1. The molecule has 0 radical (unpaired) electrons. The minimum Gasteiger partial charge on any atom is -0.349 e. The van der Waals surface area contributed by atoms with E-state index in [0.29, 0.717) is 5.75 Å². The summed E-state index contributed by atoms with van der Waals surface area (Å²) < 4.78 is 10.0. The third-order valence-electron chi connectivity index (χ3n) is 6.50. The zero-order valence-corrected chi connectivity index (χ0v) is 22.9. The molecular formula is C30H54O2S. The van der Waals surface area contributed by atoms with Gasteiger partial charge in [-0.25, -0.2) is 0 Å². The first-order chi connectivity index (χ1) is 16.3. The van der Waals surface area contributed by atoms with Crippen LogP contribution >= 0.6 is 12.6 Å². The number of rotatable bonds is 19. The lowest BCUT2D eigenvalue weighted by Crippen LogP contribution is -2.07. The average molecular weight is 479 g/mol. The fraction of sp³-hybridized carbons (Fsp3) is 0.800. The number of benzene rings is 1. The van der Waals surface area contributed by atoms with Gasteiger partial charge < -0.3 is 9.47 Å². The Morgan fingerprint density at radius 1 is 0.576 bits per heavy atom.